The molecule has 0 unspecified atom stereocenters. The zero-order chi connectivity index (χ0) is 14.7. The summed E-state index contributed by atoms with van der Waals surface area (Å²) in [6.45, 7) is 5.65. The number of nitrogens with one attached hydrogen (secondary N) is 1. The van der Waals surface area contributed by atoms with Crippen LogP contribution in [-0.4, -0.2) is 5.91 Å². The molecule has 20 heavy (non-hydrogen) atoms. The summed E-state index contributed by atoms with van der Waals surface area (Å²) in [5.74, 6) is -0.119. The van der Waals surface area contributed by atoms with Gasteiger partial charge in [-0.3, -0.25) is 4.79 Å². The quantitative estimate of drug-likeness (QED) is 0.839. The Bertz CT molecular complexity index is 633. The fraction of sp³-hybridized carbons (Fsp3) is 0.188. The van der Waals surface area contributed by atoms with Crippen molar-refractivity contribution < 1.29 is 4.79 Å². The highest BCUT2D eigenvalue weighted by atomic mass is 32.2. The van der Waals surface area contributed by atoms with Crippen molar-refractivity contribution in [2.24, 2.45) is 0 Å². The van der Waals surface area contributed by atoms with Gasteiger partial charge in [0.2, 0.25) is 5.91 Å². The Kier molecular flexibility index (Phi) is 4.35. The molecule has 2 aromatic carbocycles. The number of amides is 1. The van der Waals surface area contributed by atoms with E-state index < -0.39 is 0 Å². The Balaban J connectivity index is 2.21. The van der Waals surface area contributed by atoms with Crippen LogP contribution in [0.1, 0.15) is 18.1 Å². The van der Waals surface area contributed by atoms with Crippen LogP contribution in [0.15, 0.2) is 46.2 Å². The highest BCUT2D eigenvalue weighted by Crippen LogP contribution is 2.32. The van der Waals surface area contributed by atoms with Gasteiger partial charge in [-0.15, -0.1) is 0 Å². The first-order chi connectivity index (χ1) is 9.44. The van der Waals surface area contributed by atoms with E-state index in [-0.39, 0.29) is 5.91 Å². The van der Waals surface area contributed by atoms with Gasteiger partial charge in [-0.1, -0.05) is 17.8 Å². The molecule has 0 heterocycles. The third kappa shape index (κ3) is 3.78. The number of carbonyl (C=O) groups excluding carboxylic acids is 1. The minimum Gasteiger partial charge on any atom is -0.397 e. The van der Waals surface area contributed by atoms with Crippen LogP contribution in [0.25, 0.3) is 0 Å². The maximum absolute atomic E-state index is 11.0. The number of aryl methyl sites for hydroxylation is 2. The Morgan fingerprint density at radius 3 is 2.25 bits per heavy atom. The minimum atomic E-state index is -0.119. The topological polar surface area (TPSA) is 55.1 Å². The van der Waals surface area contributed by atoms with Gasteiger partial charge in [0.1, 0.15) is 0 Å². The fourth-order valence-electron chi connectivity index (χ4n) is 2.04. The molecular weight excluding hydrogens is 268 g/mol. The van der Waals surface area contributed by atoms with Crippen molar-refractivity contribution in [1.29, 1.82) is 0 Å². The number of benzene rings is 2. The van der Waals surface area contributed by atoms with Gasteiger partial charge in [-0.05, 0) is 55.3 Å². The van der Waals surface area contributed by atoms with Crippen LogP contribution in [0, 0.1) is 13.8 Å². The molecule has 0 radical (unpaired) electrons. The molecule has 4 heteroatoms. The molecule has 0 saturated carbocycles. The molecule has 0 atom stereocenters. The first-order valence-electron chi connectivity index (χ1n) is 6.37. The van der Waals surface area contributed by atoms with E-state index >= 15 is 0 Å². The lowest BCUT2D eigenvalue weighted by Crippen LogP contribution is -2.07. The van der Waals surface area contributed by atoms with Gasteiger partial charge in [0.25, 0.3) is 0 Å². The van der Waals surface area contributed by atoms with Gasteiger partial charge in [-0.25, -0.2) is 0 Å². The average molecular weight is 286 g/mol. The Labute approximate surface area is 123 Å². The number of carbonyl (C=O) groups is 1. The van der Waals surface area contributed by atoms with Gasteiger partial charge < -0.3 is 11.1 Å². The molecular formula is C16H18N2OS. The summed E-state index contributed by atoms with van der Waals surface area (Å²) in [6.07, 6.45) is 0. The van der Waals surface area contributed by atoms with Gasteiger partial charge in [0.05, 0.1) is 11.4 Å². The Morgan fingerprint density at radius 1 is 1.05 bits per heavy atom. The number of hydrogen-bond donors (Lipinski definition) is 2. The van der Waals surface area contributed by atoms with Crippen LogP contribution in [0.4, 0.5) is 11.4 Å². The number of rotatable bonds is 3. The predicted octanol–water partition coefficient (Wildman–Crippen LogP) is 4.00. The summed E-state index contributed by atoms with van der Waals surface area (Å²) in [5, 5.41) is 2.71. The number of nitrogens with two attached hydrogens (primary N) is 1. The van der Waals surface area contributed by atoms with E-state index in [2.05, 4.69) is 37.4 Å². The monoisotopic (exact) mass is 286 g/mol. The summed E-state index contributed by atoms with van der Waals surface area (Å²) >= 11 is 1.66. The zero-order valence-corrected chi connectivity index (χ0v) is 12.7. The molecule has 0 fully saturated rings. The minimum absolute atomic E-state index is 0.119. The summed E-state index contributed by atoms with van der Waals surface area (Å²) in [6, 6.07) is 12.1. The van der Waals surface area contributed by atoms with Crippen molar-refractivity contribution >= 4 is 29.0 Å². The molecule has 0 saturated heterocycles. The summed E-state index contributed by atoms with van der Waals surface area (Å²) in [7, 11) is 0. The molecule has 2 aromatic rings. The van der Waals surface area contributed by atoms with Crippen molar-refractivity contribution in [2.45, 2.75) is 30.6 Å². The predicted molar refractivity (Wildman–Crippen MR) is 85.2 cm³/mol. The van der Waals surface area contributed by atoms with E-state index in [0.717, 1.165) is 4.90 Å². The third-order valence-electron chi connectivity index (χ3n) is 2.76. The fourth-order valence-corrected chi connectivity index (χ4v) is 3.12. The molecule has 104 valence electrons. The molecule has 2 rings (SSSR count). The molecule has 3 nitrogen and oxygen atoms in total. The van der Waals surface area contributed by atoms with Crippen molar-refractivity contribution in [1.82, 2.24) is 0 Å². The first-order valence-corrected chi connectivity index (χ1v) is 7.19. The lowest BCUT2D eigenvalue weighted by Gasteiger charge is -2.09. The van der Waals surface area contributed by atoms with E-state index in [4.69, 9.17) is 5.73 Å². The van der Waals surface area contributed by atoms with Crippen molar-refractivity contribution in [2.75, 3.05) is 11.1 Å². The smallest absolute Gasteiger partial charge is 0.221 e. The number of anilines is 2. The number of hydrogen-bond acceptors (Lipinski definition) is 3. The second kappa shape index (κ2) is 6.01. The normalized spacial score (nSPS) is 10.3. The van der Waals surface area contributed by atoms with E-state index in [1.165, 1.54) is 22.9 Å². The van der Waals surface area contributed by atoms with Gasteiger partial charge in [-0.2, -0.15) is 0 Å². The maximum Gasteiger partial charge on any atom is 0.221 e. The van der Waals surface area contributed by atoms with Crippen LogP contribution in [0.3, 0.4) is 0 Å². The lowest BCUT2D eigenvalue weighted by molar-refractivity contribution is -0.114. The van der Waals surface area contributed by atoms with E-state index in [0.29, 0.717) is 11.4 Å². The van der Waals surface area contributed by atoms with Crippen molar-refractivity contribution in [3.8, 4) is 0 Å². The average Bonchev–Trinajstić information content (AvgIpc) is 2.31. The first kappa shape index (κ1) is 14.5. The summed E-state index contributed by atoms with van der Waals surface area (Å²) < 4.78 is 0. The highest BCUT2D eigenvalue weighted by molar-refractivity contribution is 7.99. The SMILES string of the molecule is CC(=O)Nc1ccc(Sc2cc(C)cc(C)c2)cc1N. The standard InChI is InChI=1S/C16H18N2OS/c1-10-6-11(2)8-14(7-10)20-13-4-5-16(15(17)9-13)18-12(3)19/h4-9H,17H2,1-3H3,(H,18,19). The van der Waals surface area contributed by atoms with E-state index in [1.54, 1.807) is 11.8 Å². The lowest BCUT2D eigenvalue weighted by atomic mass is 10.2. The molecule has 0 aliphatic carbocycles. The van der Waals surface area contributed by atoms with Crippen molar-refractivity contribution in [3.05, 3.63) is 47.5 Å². The van der Waals surface area contributed by atoms with Crippen LogP contribution in [0.2, 0.25) is 0 Å². The molecule has 0 bridgehead atoms. The maximum atomic E-state index is 11.0. The zero-order valence-electron chi connectivity index (χ0n) is 11.9. The molecule has 0 aromatic heterocycles. The summed E-state index contributed by atoms with van der Waals surface area (Å²) in [5.41, 5.74) is 9.68. The van der Waals surface area contributed by atoms with Gasteiger partial charge in [0.15, 0.2) is 0 Å². The van der Waals surface area contributed by atoms with Crippen LogP contribution in [-0.2, 0) is 4.79 Å². The highest BCUT2D eigenvalue weighted by Gasteiger charge is 2.04. The molecule has 0 aliphatic heterocycles. The van der Waals surface area contributed by atoms with E-state index in [1.807, 2.05) is 18.2 Å². The van der Waals surface area contributed by atoms with E-state index in [9.17, 15) is 4.79 Å². The molecule has 3 N–H and O–H groups in total. The largest absolute Gasteiger partial charge is 0.397 e. The Hall–Kier alpha value is -1.94. The number of nitrogen functional groups attached to an aromatic ring is 1. The molecule has 0 aliphatic rings. The van der Waals surface area contributed by atoms with Crippen molar-refractivity contribution in [3.63, 3.8) is 0 Å². The van der Waals surface area contributed by atoms with Gasteiger partial charge in [0, 0.05) is 16.7 Å². The second-order valence-electron chi connectivity index (χ2n) is 4.86. The van der Waals surface area contributed by atoms with Crippen LogP contribution in [0.5, 0.6) is 0 Å². The molecule has 0 spiro atoms. The van der Waals surface area contributed by atoms with Crippen LogP contribution >= 0.6 is 11.8 Å². The summed E-state index contributed by atoms with van der Waals surface area (Å²) in [4.78, 5) is 13.3. The molecule has 1 amide bonds. The second-order valence-corrected chi connectivity index (χ2v) is 6.00. The Morgan fingerprint density at radius 2 is 1.70 bits per heavy atom. The third-order valence-corrected chi connectivity index (χ3v) is 3.73. The van der Waals surface area contributed by atoms with Gasteiger partial charge >= 0.3 is 0 Å². The van der Waals surface area contributed by atoms with Crippen LogP contribution < -0.4 is 11.1 Å².